The standard InChI is InChI=1S/C8H10N2O4S/c1-3-4-10(6-8(11)12)15(13,14)7(2)5-9/h1,7H,4,6H2,2H3,(H,11,12). The van der Waals surface area contributed by atoms with Crippen molar-refractivity contribution in [2.45, 2.75) is 12.2 Å². The van der Waals surface area contributed by atoms with Crippen LogP contribution in [0.4, 0.5) is 0 Å². The molecule has 15 heavy (non-hydrogen) atoms. The Kier molecular flexibility index (Phi) is 4.79. The molecule has 0 heterocycles. The molecule has 0 aliphatic heterocycles. The summed E-state index contributed by atoms with van der Waals surface area (Å²) >= 11 is 0. The summed E-state index contributed by atoms with van der Waals surface area (Å²) in [6.07, 6.45) is 4.91. The molecular weight excluding hydrogens is 220 g/mol. The van der Waals surface area contributed by atoms with Gasteiger partial charge in [-0.05, 0) is 6.92 Å². The first kappa shape index (κ1) is 13.4. The molecule has 1 atom stereocenters. The van der Waals surface area contributed by atoms with Crippen molar-refractivity contribution in [1.82, 2.24) is 4.31 Å². The van der Waals surface area contributed by atoms with Crippen molar-refractivity contribution >= 4 is 16.0 Å². The molecule has 0 spiro atoms. The fourth-order valence-electron chi connectivity index (χ4n) is 0.779. The first-order valence-corrected chi connectivity index (χ1v) is 5.40. The zero-order valence-corrected chi connectivity index (χ0v) is 8.86. The van der Waals surface area contributed by atoms with Crippen LogP contribution in [0.25, 0.3) is 0 Å². The molecule has 0 radical (unpaired) electrons. The van der Waals surface area contributed by atoms with Gasteiger partial charge in [-0.15, -0.1) is 6.42 Å². The normalized spacial score (nSPS) is 12.8. The molecule has 0 aromatic heterocycles. The number of nitrogens with zero attached hydrogens (tertiary/aromatic N) is 2. The van der Waals surface area contributed by atoms with E-state index in [1.807, 2.05) is 5.92 Å². The molecule has 0 aromatic rings. The average Bonchev–Trinajstić information content (AvgIpc) is 2.15. The van der Waals surface area contributed by atoms with E-state index in [0.29, 0.717) is 4.31 Å². The third-order valence-corrected chi connectivity index (χ3v) is 3.54. The van der Waals surface area contributed by atoms with E-state index in [1.54, 1.807) is 0 Å². The summed E-state index contributed by atoms with van der Waals surface area (Å²) in [4.78, 5) is 10.4. The fourth-order valence-corrected chi connectivity index (χ4v) is 1.90. The van der Waals surface area contributed by atoms with Crippen molar-refractivity contribution in [2.75, 3.05) is 13.1 Å². The Morgan fingerprint density at radius 3 is 2.53 bits per heavy atom. The van der Waals surface area contributed by atoms with Crippen LogP contribution in [-0.4, -0.2) is 42.1 Å². The lowest BCUT2D eigenvalue weighted by Crippen LogP contribution is -2.40. The van der Waals surface area contributed by atoms with E-state index < -0.39 is 27.8 Å². The number of carbonyl (C=O) groups is 1. The van der Waals surface area contributed by atoms with Crippen molar-refractivity contribution in [3.8, 4) is 18.4 Å². The van der Waals surface area contributed by atoms with Crippen LogP contribution in [0.2, 0.25) is 0 Å². The van der Waals surface area contributed by atoms with Crippen LogP contribution >= 0.6 is 0 Å². The Morgan fingerprint density at radius 2 is 2.20 bits per heavy atom. The molecule has 7 heteroatoms. The van der Waals surface area contributed by atoms with E-state index in [-0.39, 0.29) is 6.54 Å². The first-order valence-electron chi connectivity index (χ1n) is 3.90. The van der Waals surface area contributed by atoms with E-state index in [9.17, 15) is 13.2 Å². The van der Waals surface area contributed by atoms with Crippen LogP contribution in [0.15, 0.2) is 0 Å². The summed E-state index contributed by atoms with van der Waals surface area (Å²) < 4.78 is 23.6. The highest BCUT2D eigenvalue weighted by Gasteiger charge is 2.29. The quantitative estimate of drug-likeness (QED) is 0.626. The molecule has 0 saturated carbocycles. The van der Waals surface area contributed by atoms with E-state index in [2.05, 4.69) is 0 Å². The SMILES string of the molecule is C#CCN(CC(=O)O)S(=O)(=O)C(C)C#N. The molecule has 0 rings (SSSR count). The summed E-state index contributed by atoms with van der Waals surface area (Å²) in [6, 6.07) is 1.53. The number of carboxylic acid groups (broad SMARTS) is 1. The van der Waals surface area contributed by atoms with Crippen molar-refractivity contribution in [3.05, 3.63) is 0 Å². The summed E-state index contributed by atoms with van der Waals surface area (Å²) in [7, 11) is -3.96. The highest BCUT2D eigenvalue weighted by atomic mass is 32.2. The summed E-state index contributed by atoms with van der Waals surface area (Å²) in [6.45, 7) is 0.0694. The Morgan fingerprint density at radius 1 is 1.67 bits per heavy atom. The van der Waals surface area contributed by atoms with Crippen LogP contribution < -0.4 is 0 Å². The van der Waals surface area contributed by atoms with Crippen molar-refractivity contribution in [2.24, 2.45) is 0 Å². The highest BCUT2D eigenvalue weighted by molar-refractivity contribution is 7.90. The predicted octanol–water partition coefficient (Wildman–Crippen LogP) is -0.752. The second kappa shape index (κ2) is 5.35. The van der Waals surface area contributed by atoms with E-state index >= 15 is 0 Å². The molecule has 1 N–H and O–H groups in total. The minimum absolute atomic E-state index is 0.360. The topological polar surface area (TPSA) is 98.5 Å². The molecule has 0 bridgehead atoms. The maximum absolute atomic E-state index is 11.5. The molecular formula is C8H10N2O4S. The van der Waals surface area contributed by atoms with Gasteiger partial charge in [-0.1, -0.05) is 5.92 Å². The summed E-state index contributed by atoms with van der Waals surface area (Å²) in [5.74, 6) is 0.712. The lowest BCUT2D eigenvalue weighted by atomic mass is 10.5. The lowest BCUT2D eigenvalue weighted by molar-refractivity contribution is -0.137. The Hall–Kier alpha value is -1.57. The molecule has 6 nitrogen and oxygen atoms in total. The van der Waals surface area contributed by atoms with Crippen LogP contribution in [0.3, 0.4) is 0 Å². The van der Waals surface area contributed by atoms with Gasteiger partial charge in [0, 0.05) is 0 Å². The second-order valence-electron chi connectivity index (χ2n) is 2.68. The Balaban J connectivity index is 5.02. The summed E-state index contributed by atoms with van der Waals surface area (Å²) in [5, 5.41) is 15.6. The van der Waals surface area contributed by atoms with E-state index in [4.69, 9.17) is 16.8 Å². The maximum atomic E-state index is 11.5. The van der Waals surface area contributed by atoms with Gasteiger partial charge in [0.2, 0.25) is 10.0 Å². The third kappa shape index (κ3) is 3.58. The van der Waals surface area contributed by atoms with Crippen molar-refractivity contribution in [3.63, 3.8) is 0 Å². The average molecular weight is 230 g/mol. The second-order valence-corrected chi connectivity index (χ2v) is 4.94. The number of rotatable bonds is 5. The van der Waals surface area contributed by atoms with Gasteiger partial charge in [0.05, 0.1) is 12.6 Å². The zero-order valence-electron chi connectivity index (χ0n) is 8.04. The lowest BCUT2D eigenvalue weighted by Gasteiger charge is -2.18. The van der Waals surface area contributed by atoms with Gasteiger partial charge < -0.3 is 5.11 Å². The first-order chi connectivity index (χ1) is 6.86. The smallest absolute Gasteiger partial charge is 0.318 e. The fraction of sp³-hybridized carbons (Fsp3) is 0.500. The van der Waals surface area contributed by atoms with Crippen LogP contribution in [0, 0.1) is 23.7 Å². The molecule has 0 aliphatic rings. The van der Waals surface area contributed by atoms with Crippen LogP contribution in [0.5, 0.6) is 0 Å². The number of hydrogen-bond donors (Lipinski definition) is 1. The van der Waals surface area contributed by atoms with Gasteiger partial charge in [-0.2, -0.15) is 9.57 Å². The van der Waals surface area contributed by atoms with Gasteiger partial charge >= 0.3 is 5.97 Å². The number of hydrogen-bond acceptors (Lipinski definition) is 4. The monoisotopic (exact) mass is 230 g/mol. The molecule has 0 aliphatic carbocycles. The minimum Gasteiger partial charge on any atom is -0.480 e. The molecule has 0 aromatic carbocycles. The van der Waals surface area contributed by atoms with E-state index in [0.717, 1.165) is 0 Å². The number of aliphatic carboxylic acids is 1. The molecule has 1 unspecified atom stereocenters. The molecule has 0 fully saturated rings. The number of carboxylic acids is 1. The Bertz CT molecular complexity index is 415. The largest absolute Gasteiger partial charge is 0.480 e. The van der Waals surface area contributed by atoms with Crippen molar-refractivity contribution in [1.29, 1.82) is 5.26 Å². The van der Waals surface area contributed by atoms with Gasteiger partial charge in [0.15, 0.2) is 5.25 Å². The van der Waals surface area contributed by atoms with Crippen molar-refractivity contribution < 1.29 is 18.3 Å². The predicted molar refractivity (Wildman–Crippen MR) is 52.0 cm³/mol. The number of nitriles is 1. The van der Waals surface area contributed by atoms with Gasteiger partial charge in [-0.25, -0.2) is 8.42 Å². The summed E-state index contributed by atoms with van der Waals surface area (Å²) in [5.41, 5.74) is 0. The maximum Gasteiger partial charge on any atom is 0.318 e. The minimum atomic E-state index is -3.96. The highest BCUT2D eigenvalue weighted by Crippen LogP contribution is 2.07. The molecule has 0 amide bonds. The van der Waals surface area contributed by atoms with Crippen LogP contribution in [-0.2, 0) is 14.8 Å². The van der Waals surface area contributed by atoms with Gasteiger partial charge in [0.25, 0.3) is 0 Å². The van der Waals surface area contributed by atoms with Crippen LogP contribution in [0.1, 0.15) is 6.92 Å². The van der Waals surface area contributed by atoms with Gasteiger partial charge in [-0.3, -0.25) is 4.79 Å². The zero-order chi connectivity index (χ0) is 12.1. The van der Waals surface area contributed by atoms with Gasteiger partial charge in [0.1, 0.15) is 6.54 Å². The Labute approximate surface area is 88.2 Å². The number of sulfonamides is 1. The molecule has 0 saturated heterocycles. The van der Waals surface area contributed by atoms with E-state index in [1.165, 1.54) is 13.0 Å². The number of terminal acetylenes is 1. The third-order valence-electron chi connectivity index (χ3n) is 1.57. The molecule has 82 valence electrons.